The van der Waals surface area contributed by atoms with Crippen LogP contribution in [-0.2, 0) is 6.54 Å². The van der Waals surface area contributed by atoms with Crippen LogP contribution >= 0.6 is 0 Å². The van der Waals surface area contributed by atoms with Crippen LogP contribution in [0.4, 0.5) is 5.69 Å². The average Bonchev–Trinajstić information content (AvgIpc) is 3.15. The Morgan fingerprint density at radius 2 is 1.84 bits per heavy atom. The van der Waals surface area contributed by atoms with Crippen molar-refractivity contribution < 1.29 is 14.3 Å². The Kier molecular flexibility index (Phi) is 4.04. The summed E-state index contributed by atoms with van der Waals surface area (Å²) in [6, 6.07) is 18.7. The lowest BCUT2D eigenvalue weighted by molar-refractivity contribution is 0.0984. The molecule has 2 aromatic carbocycles. The van der Waals surface area contributed by atoms with Crippen molar-refractivity contribution in [3.8, 4) is 11.5 Å². The summed E-state index contributed by atoms with van der Waals surface area (Å²) in [6.07, 6.45) is 3.49. The summed E-state index contributed by atoms with van der Waals surface area (Å²) in [5.41, 5.74) is 2.34. The van der Waals surface area contributed by atoms with Crippen LogP contribution in [0.1, 0.15) is 15.9 Å². The molecule has 0 fully saturated rings. The van der Waals surface area contributed by atoms with Crippen LogP contribution in [0.2, 0.25) is 0 Å². The molecule has 0 N–H and O–H groups in total. The number of pyridine rings is 1. The molecule has 5 nitrogen and oxygen atoms in total. The van der Waals surface area contributed by atoms with Crippen molar-refractivity contribution in [1.29, 1.82) is 0 Å². The molecule has 25 heavy (non-hydrogen) atoms. The lowest BCUT2D eigenvalue weighted by Gasteiger charge is -2.23. The maximum Gasteiger partial charge on any atom is 0.258 e. The van der Waals surface area contributed by atoms with Gasteiger partial charge in [-0.25, -0.2) is 0 Å². The van der Waals surface area contributed by atoms with E-state index in [0.717, 1.165) is 11.3 Å². The maximum absolute atomic E-state index is 13.2. The predicted octanol–water partition coefficient (Wildman–Crippen LogP) is 3.66. The van der Waals surface area contributed by atoms with Crippen molar-refractivity contribution in [3.05, 3.63) is 84.2 Å². The molecule has 0 atom stereocenters. The van der Waals surface area contributed by atoms with Gasteiger partial charge in [-0.05, 0) is 42.0 Å². The number of rotatable bonds is 4. The quantitative estimate of drug-likeness (QED) is 0.732. The second-order valence-corrected chi connectivity index (χ2v) is 5.66. The summed E-state index contributed by atoms with van der Waals surface area (Å²) in [4.78, 5) is 19.0. The molecule has 2 heterocycles. The highest BCUT2D eigenvalue weighted by Gasteiger charge is 2.21. The second kappa shape index (κ2) is 6.65. The highest BCUT2D eigenvalue weighted by atomic mass is 16.7. The number of hydrogen-bond acceptors (Lipinski definition) is 4. The monoisotopic (exact) mass is 332 g/mol. The maximum atomic E-state index is 13.2. The van der Waals surface area contributed by atoms with E-state index in [4.69, 9.17) is 9.47 Å². The highest BCUT2D eigenvalue weighted by molar-refractivity contribution is 6.06. The zero-order valence-electron chi connectivity index (χ0n) is 13.5. The first kappa shape index (κ1) is 15.2. The number of ether oxygens (including phenoxy) is 2. The number of fused-ring (bicyclic) bond motifs is 1. The highest BCUT2D eigenvalue weighted by Crippen LogP contribution is 2.33. The van der Waals surface area contributed by atoms with Gasteiger partial charge in [-0.15, -0.1) is 0 Å². The first-order valence-electron chi connectivity index (χ1n) is 7.97. The lowest BCUT2D eigenvalue weighted by atomic mass is 10.1. The third kappa shape index (κ3) is 3.17. The smallest absolute Gasteiger partial charge is 0.258 e. The number of para-hydroxylation sites is 1. The van der Waals surface area contributed by atoms with Crippen molar-refractivity contribution in [1.82, 2.24) is 4.98 Å². The number of carbonyl (C=O) groups is 1. The minimum atomic E-state index is -0.103. The van der Waals surface area contributed by atoms with E-state index in [0.29, 0.717) is 23.6 Å². The fraction of sp³-hybridized carbons (Fsp3) is 0.100. The van der Waals surface area contributed by atoms with Crippen LogP contribution < -0.4 is 14.4 Å². The van der Waals surface area contributed by atoms with Gasteiger partial charge < -0.3 is 14.4 Å². The van der Waals surface area contributed by atoms with Crippen molar-refractivity contribution in [2.24, 2.45) is 0 Å². The van der Waals surface area contributed by atoms with Crippen molar-refractivity contribution in [2.75, 3.05) is 11.7 Å². The first-order valence-corrected chi connectivity index (χ1v) is 7.97. The molecule has 1 amide bonds. The number of amides is 1. The Balaban J connectivity index is 1.68. The molecule has 0 spiro atoms. The molecule has 5 heteroatoms. The molecule has 0 bridgehead atoms. The number of anilines is 1. The first-order chi connectivity index (χ1) is 12.3. The van der Waals surface area contributed by atoms with Crippen LogP contribution in [0.15, 0.2) is 73.1 Å². The standard InChI is InChI=1S/C20H16N2O3/c23-20(16-8-9-18-19(11-16)25-14-24-18)22(17-6-2-1-3-7-17)13-15-5-4-10-21-12-15/h1-12H,13-14H2. The molecule has 4 rings (SSSR count). The van der Waals surface area contributed by atoms with E-state index in [1.54, 1.807) is 35.5 Å². The minimum Gasteiger partial charge on any atom is -0.454 e. The fourth-order valence-corrected chi connectivity index (χ4v) is 2.75. The van der Waals surface area contributed by atoms with Crippen LogP contribution in [0.5, 0.6) is 11.5 Å². The predicted molar refractivity (Wildman–Crippen MR) is 93.8 cm³/mol. The summed E-state index contributed by atoms with van der Waals surface area (Å²) in [5.74, 6) is 1.16. The Hall–Kier alpha value is -3.34. The van der Waals surface area contributed by atoms with Gasteiger partial charge in [-0.2, -0.15) is 0 Å². The number of hydrogen-bond donors (Lipinski definition) is 0. The number of nitrogens with zero attached hydrogens (tertiary/aromatic N) is 2. The van der Waals surface area contributed by atoms with Crippen molar-refractivity contribution >= 4 is 11.6 Å². The molecule has 124 valence electrons. The van der Waals surface area contributed by atoms with Crippen molar-refractivity contribution in [2.45, 2.75) is 6.54 Å². The summed E-state index contributed by atoms with van der Waals surface area (Å²) >= 11 is 0. The number of benzene rings is 2. The molecule has 1 aromatic heterocycles. The van der Waals surface area contributed by atoms with E-state index in [-0.39, 0.29) is 12.7 Å². The van der Waals surface area contributed by atoms with E-state index in [1.807, 2.05) is 42.5 Å². The van der Waals surface area contributed by atoms with Crippen LogP contribution in [0.3, 0.4) is 0 Å². The van der Waals surface area contributed by atoms with Crippen molar-refractivity contribution in [3.63, 3.8) is 0 Å². The summed E-state index contributed by atoms with van der Waals surface area (Å²) in [5, 5.41) is 0. The molecule has 0 aliphatic carbocycles. The molecule has 0 unspecified atom stereocenters. The molecule has 3 aromatic rings. The Morgan fingerprint density at radius 3 is 2.64 bits per heavy atom. The molecule has 0 saturated carbocycles. The van der Waals surface area contributed by atoms with Gasteiger partial charge >= 0.3 is 0 Å². The van der Waals surface area contributed by atoms with Crippen LogP contribution in [0, 0.1) is 0 Å². The largest absolute Gasteiger partial charge is 0.454 e. The SMILES string of the molecule is O=C(c1ccc2c(c1)OCO2)N(Cc1cccnc1)c1ccccc1. The lowest BCUT2D eigenvalue weighted by Crippen LogP contribution is -2.30. The van der Waals surface area contributed by atoms with E-state index in [1.165, 1.54) is 0 Å². The third-order valence-corrected chi connectivity index (χ3v) is 4.00. The molecular weight excluding hydrogens is 316 g/mol. The van der Waals surface area contributed by atoms with Gasteiger partial charge in [-0.3, -0.25) is 9.78 Å². The van der Waals surface area contributed by atoms with Gasteiger partial charge in [0, 0.05) is 23.6 Å². The van der Waals surface area contributed by atoms with Gasteiger partial charge in [0.25, 0.3) is 5.91 Å². The van der Waals surface area contributed by atoms with E-state index in [9.17, 15) is 4.79 Å². The average molecular weight is 332 g/mol. The molecule has 0 saturated heterocycles. The molecular formula is C20H16N2O3. The number of carbonyl (C=O) groups excluding carboxylic acids is 1. The zero-order valence-corrected chi connectivity index (χ0v) is 13.5. The third-order valence-electron chi connectivity index (χ3n) is 4.00. The Labute approximate surface area is 145 Å². The van der Waals surface area contributed by atoms with Gasteiger partial charge in [0.05, 0.1) is 6.54 Å². The summed E-state index contributed by atoms with van der Waals surface area (Å²) < 4.78 is 10.7. The zero-order chi connectivity index (χ0) is 17.1. The van der Waals surface area contributed by atoms with E-state index >= 15 is 0 Å². The van der Waals surface area contributed by atoms with Gasteiger partial charge in [0.1, 0.15) is 0 Å². The molecule has 1 aliphatic heterocycles. The molecule has 1 aliphatic rings. The second-order valence-electron chi connectivity index (χ2n) is 5.66. The summed E-state index contributed by atoms with van der Waals surface area (Å²) in [7, 11) is 0. The summed E-state index contributed by atoms with van der Waals surface area (Å²) in [6.45, 7) is 0.621. The normalized spacial score (nSPS) is 12.0. The van der Waals surface area contributed by atoms with Gasteiger partial charge in [-0.1, -0.05) is 24.3 Å². The fourth-order valence-electron chi connectivity index (χ4n) is 2.75. The van der Waals surface area contributed by atoms with E-state index in [2.05, 4.69) is 4.98 Å². The van der Waals surface area contributed by atoms with Gasteiger partial charge in [0.15, 0.2) is 11.5 Å². The molecule has 0 radical (unpaired) electrons. The topological polar surface area (TPSA) is 51.7 Å². The minimum absolute atomic E-state index is 0.103. The Morgan fingerprint density at radius 1 is 1.00 bits per heavy atom. The van der Waals surface area contributed by atoms with E-state index < -0.39 is 0 Å². The van der Waals surface area contributed by atoms with Crippen LogP contribution in [-0.4, -0.2) is 17.7 Å². The van der Waals surface area contributed by atoms with Gasteiger partial charge in [0.2, 0.25) is 6.79 Å². The Bertz CT molecular complexity index is 882. The van der Waals surface area contributed by atoms with Crippen LogP contribution in [0.25, 0.3) is 0 Å². The number of aromatic nitrogens is 1.